The van der Waals surface area contributed by atoms with Crippen LogP contribution in [-0.2, 0) is 9.59 Å². The van der Waals surface area contributed by atoms with Crippen molar-refractivity contribution in [3.63, 3.8) is 0 Å². The topological polar surface area (TPSA) is 283 Å². The molecule has 0 aromatic rings. The molecule has 12 nitrogen and oxygen atoms in total. The molecule has 0 spiro atoms. The number of carboxylic acid groups (broad SMARTS) is 2. The maximum atomic E-state index is 9.00. The Balaban J connectivity index is -0.0000000405. The predicted molar refractivity (Wildman–Crippen MR) is 99.1 cm³/mol. The number of rotatable bonds is 4. The standard InChI is InChI=1S/4C2H8N2.2C2H4O2/c4*3-1-2-4;2*1-2(3)4/h4*1-4H2;2*1H3,(H,3,4). The zero-order chi connectivity index (χ0) is 20.8. The average Bonchev–Trinajstić information content (AvgIpc) is 2.54. The molecule has 0 unspecified atom stereocenters. The van der Waals surface area contributed by atoms with E-state index in [9.17, 15) is 0 Å². The Kier molecular flexibility index (Phi) is 92.1. The highest BCUT2D eigenvalue weighted by atomic mass is 16.4. The summed E-state index contributed by atoms with van der Waals surface area (Å²) >= 11 is 0. The van der Waals surface area contributed by atoms with Crippen LogP contribution in [0.1, 0.15) is 13.8 Å². The third-order valence-corrected chi connectivity index (χ3v) is 0.667. The molecule has 0 saturated heterocycles. The summed E-state index contributed by atoms with van der Waals surface area (Å²) in [5, 5.41) is 14.8. The van der Waals surface area contributed by atoms with E-state index in [-0.39, 0.29) is 0 Å². The lowest BCUT2D eigenvalue weighted by atomic mass is 10.7. The van der Waals surface area contributed by atoms with Gasteiger partial charge in [0.25, 0.3) is 11.9 Å². The van der Waals surface area contributed by atoms with E-state index in [2.05, 4.69) is 0 Å². The number of carbonyl (C=O) groups is 2. The Hall–Kier alpha value is -1.38. The van der Waals surface area contributed by atoms with E-state index in [0.717, 1.165) is 13.8 Å². The van der Waals surface area contributed by atoms with Crippen LogP contribution in [0, 0.1) is 0 Å². The molecule has 152 valence electrons. The quantitative estimate of drug-likeness (QED) is 0.228. The van der Waals surface area contributed by atoms with Crippen LogP contribution in [0.5, 0.6) is 0 Å². The van der Waals surface area contributed by atoms with Crippen molar-refractivity contribution in [1.82, 2.24) is 0 Å². The van der Waals surface area contributed by atoms with E-state index in [1.807, 2.05) is 0 Å². The highest BCUT2D eigenvalue weighted by Gasteiger charge is 1.66. The van der Waals surface area contributed by atoms with Crippen molar-refractivity contribution in [3.8, 4) is 0 Å². The van der Waals surface area contributed by atoms with E-state index < -0.39 is 11.9 Å². The van der Waals surface area contributed by atoms with E-state index >= 15 is 0 Å². The van der Waals surface area contributed by atoms with Gasteiger partial charge in [0.05, 0.1) is 0 Å². The molecule has 0 heterocycles. The number of hydrogen-bond acceptors (Lipinski definition) is 10. The fourth-order valence-electron chi connectivity index (χ4n) is 0. The minimum Gasteiger partial charge on any atom is -0.481 e. The first-order chi connectivity index (χ1) is 11.1. The Morgan fingerprint density at radius 2 is 0.542 bits per heavy atom. The monoisotopic (exact) mass is 360 g/mol. The molecule has 0 amide bonds. The number of hydrogen-bond donors (Lipinski definition) is 10. The van der Waals surface area contributed by atoms with Gasteiger partial charge in [-0.1, -0.05) is 0 Å². The van der Waals surface area contributed by atoms with Crippen LogP contribution in [0.3, 0.4) is 0 Å². The third-order valence-electron chi connectivity index (χ3n) is 0.667. The normalized spacial score (nSPS) is 7.08. The zero-order valence-corrected chi connectivity index (χ0v) is 15.0. The van der Waals surface area contributed by atoms with Gasteiger partial charge in [0.15, 0.2) is 0 Å². The molecule has 12 heteroatoms. The van der Waals surface area contributed by atoms with E-state index in [1.54, 1.807) is 0 Å². The first-order valence-corrected chi connectivity index (χ1v) is 7.12. The molecule has 0 aliphatic rings. The van der Waals surface area contributed by atoms with Gasteiger partial charge in [0.1, 0.15) is 0 Å². The van der Waals surface area contributed by atoms with Gasteiger partial charge in [0, 0.05) is 66.2 Å². The predicted octanol–water partition coefficient (Wildman–Crippen LogP) is -4.20. The summed E-state index contributed by atoms with van der Waals surface area (Å²) in [6, 6.07) is 0. The second kappa shape index (κ2) is 57.7. The smallest absolute Gasteiger partial charge is 0.300 e. The molecule has 0 saturated carbocycles. The fourth-order valence-corrected chi connectivity index (χ4v) is 0. The highest BCUT2D eigenvalue weighted by molar-refractivity contribution is 5.63. The van der Waals surface area contributed by atoms with Crippen LogP contribution in [-0.4, -0.2) is 74.5 Å². The average molecular weight is 361 g/mol. The van der Waals surface area contributed by atoms with Crippen LogP contribution in [0.4, 0.5) is 0 Å². The lowest BCUT2D eigenvalue weighted by Crippen LogP contribution is -2.11. The van der Waals surface area contributed by atoms with E-state index in [4.69, 9.17) is 65.7 Å². The molecule has 0 aliphatic carbocycles. The minimum atomic E-state index is -0.833. The van der Waals surface area contributed by atoms with Gasteiger partial charge < -0.3 is 56.1 Å². The van der Waals surface area contributed by atoms with Crippen molar-refractivity contribution in [3.05, 3.63) is 0 Å². The summed E-state index contributed by atoms with van der Waals surface area (Å²) in [6.07, 6.45) is 0. The first-order valence-electron chi connectivity index (χ1n) is 7.12. The van der Waals surface area contributed by atoms with Gasteiger partial charge in [-0.25, -0.2) is 0 Å². The van der Waals surface area contributed by atoms with Crippen LogP contribution < -0.4 is 45.9 Å². The van der Waals surface area contributed by atoms with Gasteiger partial charge in [-0.05, 0) is 0 Å². The maximum absolute atomic E-state index is 9.00. The number of aliphatic carboxylic acids is 2. The van der Waals surface area contributed by atoms with Crippen molar-refractivity contribution >= 4 is 11.9 Å². The molecule has 0 radical (unpaired) electrons. The molecule has 0 rings (SSSR count). The highest BCUT2D eigenvalue weighted by Crippen LogP contribution is 1.42. The number of nitrogens with two attached hydrogens (primary N) is 8. The van der Waals surface area contributed by atoms with Crippen LogP contribution >= 0.6 is 0 Å². The van der Waals surface area contributed by atoms with Crippen molar-refractivity contribution in [1.29, 1.82) is 0 Å². The summed E-state index contributed by atoms with van der Waals surface area (Å²) < 4.78 is 0. The molecule has 0 atom stereocenters. The molecule has 18 N–H and O–H groups in total. The minimum absolute atomic E-state index is 0.597. The van der Waals surface area contributed by atoms with Crippen LogP contribution in [0.15, 0.2) is 0 Å². The summed E-state index contributed by atoms with van der Waals surface area (Å²) in [6.45, 7) is 6.94. The molecule has 0 aliphatic heterocycles. The molecular weight excluding hydrogens is 320 g/mol. The van der Waals surface area contributed by atoms with E-state index in [0.29, 0.717) is 52.4 Å². The van der Waals surface area contributed by atoms with Gasteiger partial charge in [-0.2, -0.15) is 0 Å². The number of carboxylic acids is 2. The van der Waals surface area contributed by atoms with Crippen LogP contribution in [0.25, 0.3) is 0 Å². The summed E-state index contributed by atoms with van der Waals surface area (Å²) in [7, 11) is 0. The molecule has 0 aromatic heterocycles. The van der Waals surface area contributed by atoms with Crippen molar-refractivity contribution < 1.29 is 19.8 Å². The largest absolute Gasteiger partial charge is 0.481 e. The van der Waals surface area contributed by atoms with Crippen molar-refractivity contribution in [2.75, 3.05) is 52.4 Å². The van der Waals surface area contributed by atoms with Gasteiger partial charge >= 0.3 is 0 Å². The lowest BCUT2D eigenvalue weighted by Gasteiger charge is -1.72. The molecule has 0 bridgehead atoms. The Morgan fingerprint density at radius 3 is 0.542 bits per heavy atom. The second-order valence-corrected chi connectivity index (χ2v) is 3.35. The lowest BCUT2D eigenvalue weighted by molar-refractivity contribution is -0.135. The third kappa shape index (κ3) is 1160. The fraction of sp³-hybridized carbons (Fsp3) is 0.833. The van der Waals surface area contributed by atoms with Gasteiger partial charge in [-0.15, -0.1) is 0 Å². The second-order valence-electron chi connectivity index (χ2n) is 3.35. The molecule has 0 fully saturated rings. The zero-order valence-electron chi connectivity index (χ0n) is 15.0. The maximum Gasteiger partial charge on any atom is 0.300 e. The SMILES string of the molecule is CC(=O)O.CC(=O)O.NCCN.NCCN.NCCN.NCCN. The Bertz CT molecular complexity index is 156. The summed E-state index contributed by atoms with van der Waals surface area (Å²) in [5.74, 6) is -1.67. The molecule has 24 heavy (non-hydrogen) atoms. The first kappa shape index (κ1) is 38.3. The van der Waals surface area contributed by atoms with Crippen LogP contribution in [0.2, 0.25) is 0 Å². The molecule has 0 aromatic carbocycles. The van der Waals surface area contributed by atoms with Gasteiger partial charge in [-0.3, -0.25) is 9.59 Å². The van der Waals surface area contributed by atoms with Gasteiger partial charge in [0.2, 0.25) is 0 Å². The van der Waals surface area contributed by atoms with E-state index in [1.165, 1.54) is 0 Å². The van der Waals surface area contributed by atoms with Crippen molar-refractivity contribution in [2.45, 2.75) is 13.8 Å². The Morgan fingerprint density at radius 1 is 0.500 bits per heavy atom. The van der Waals surface area contributed by atoms with Crippen molar-refractivity contribution in [2.24, 2.45) is 45.9 Å². The summed E-state index contributed by atoms with van der Waals surface area (Å²) in [4.78, 5) is 18.0. The molecular formula is C12H40N8O4. The Labute approximate surface area is 144 Å². The summed E-state index contributed by atoms with van der Waals surface area (Å²) in [5.41, 5.74) is 39.2.